The van der Waals surface area contributed by atoms with Gasteiger partial charge in [-0.1, -0.05) is 51.0 Å². The van der Waals surface area contributed by atoms with Gasteiger partial charge in [-0.3, -0.25) is 4.79 Å². The minimum absolute atomic E-state index is 0.0265. The van der Waals surface area contributed by atoms with Crippen LogP contribution in [0.15, 0.2) is 24.3 Å². The van der Waals surface area contributed by atoms with Crippen molar-refractivity contribution in [1.82, 2.24) is 0 Å². The Morgan fingerprint density at radius 1 is 1.25 bits per heavy atom. The Balaban J connectivity index is 1.70. The fourth-order valence-electron chi connectivity index (χ4n) is 4.42. The molecular formula is C19H26O. The molecule has 0 radical (unpaired) electrons. The van der Waals surface area contributed by atoms with Crippen LogP contribution in [-0.4, -0.2) is 5.78 Å². The highest BCUT2D eigenvalue weighted by molar-refractivity contribution is 5.86. The molecule has 1 atom stereocenters. The van der Waals surface area contributed by atoms with Gasteiger partial charge in [-0.2, -0.15) is 0 Å². The molecule has 1 aromatic carbocycles. The summed E-state index contributed by atoms with van der Waals surface area (Å²) in [5, 5.41) is 0. The summed E-state index contributed by atoms with van der Waals surface area (Å²) in [6.45, 7) is 4.51. The van der Waals surface area contributed by atoms with Crippen LogP contribution in [0.4, 0.5) is 0 Å². The number of benzene rings is 1. The van der Waals surface area contributed by atoms with E-state index in [2.05, 4.69) is 38.1 Å². The molecule has 1 nitrogen and oxygen atoms in total. The lowest BCUT2D eigenvalue weighted by Crippen LogP contribution is -2.33. The Kier molecular flexibility index (Phi) is 3.70. The van der Waals surface area contributed by atoms with E-state index in [0.29, 0.717) is 17.6 Å². The van der Waals surface area contributed by atoms with E-state index >= 15 is 0 Å². The fourth-order valence-corrected chi connectivity index (χ4v) is 4.42. The van der Waals surface area contributed by atoms with Gasteiger partial charge in [0, 0.05) is 11.8 Å². The van der Waals surface area contributed by atoms with Gasteiger partial charge < -0.3 is 0 Å². The first-order chi connectivity index (χ1) is 9.61. The summed E-state index contributed by atoms with van der Waals surface area (Å²) in [5.41, 5.74) is 2.91. The first-order valence-corrected chi connectivity index (χ1v) is 8.22. The molecule has 0 spiro atoms. The lowest BCUT2D eigenvalue weighted by molar-refractivity contribution is -0.130. The van der Waals surface area contributed by atoms with Gasteiger partial charge in [0.05, 0.1) is 0 Å². The van der Waals surface area contributed by atoms with Crippen molar-refractivity contribution in [3.05, 3.63) is 35.4 Å². The van der Waals surface area contributed by atoms with Crippen molar-refractivity contribution in [2.75, 3.05) is 0 Å². The largest absolute Gasteiger partial charge is 0.299 e. The number of Topliss-reactive ketones (excluding diaryl/α,β-unsaturated/α-hetero) is 1. The van der Waals surface area contributed by atoms with Crippen molar-refractivity contribution in [1.29, 1.82) is 0 Å². The number of hydrogen-bond donors (Lipinski definition) is 0. The first kappa shape index (κ1) is 13.9. The highest BCUT2D eigenvalue weighted by atomic mass is 16.1. The molecule has 0 amide bonds. The van der Waals surface area contributed by atoms with Gasteiger partial charge >= 0.3 is 0 Å². The SMILES string of the molecule is CC(C)CC1(C(=O)CC2Cc3ccccc32)CCCC1. The van der Waals surface area contributed by atoms with E-state index in [1.165, 1.54) is 24.0 Å². The van der Waals surface area contributed by atoms with Gasteiger partial charge in [0.1, 0.15) is 5.78 Å². The molecule has 0 N–H and O–H groups in total. The lowest BCUT2D eigenvalue weighted by Gasteiger charge is -2.35. The number of carbonyl (C=O) groups excluding carboxylic acids is 1. The van der Waals surface area contributed by atoms with Crippen molar-refractivity contribution in [2.45, 2.75) is 64.7 Å². The summed E-state index contributed by atoms with van der Waals surface area (Å²) in [6.07, 6.45) is 7.76. The molecule has 20 heavy (non-hydrogen) atoms. The van der Waals surface area contributed by atoms with Crippen molar-refractivity contribution >= 4 is 5.78 Å². The standard InChI is InChI=1S/C19H26O/c1-14(2)13-19(9-5-6-10-19)18(20)12-16-11-15-7-3-4-8-17(15)16/h3-4,7-8,14,16H,5-6,9-13H2,1-2H3. The Morgan fingerprint density at radius 3 is 2.60 bits per heavy atom. The van der Waals surface area contributed by atoms with Gasteiger partial charge in [0.2, 0.25) is 0 Å². The predicted octanol–water partition coefficient (Wildman–Crippen LogP) is 4.89. The summed E-state index contributed by atoms with van der Waals surface area (Å²) in [6, 6.07) is 8.62. The molecule has 2 aliphatic rings. The lowest BCUT2D eigenvalue weighted by atomic mass is 9.68. The average molecular weight is 270 g/mol. The minimum atomic E-state index is 0.0265. The summed E-state index contributed by atoms with van der Waals surface area (Å²) in [7, 11) is 0. The molecule has 1 heteroatoms. The Labute approximate surface area is 122 Å². The first-order valence-electron chi connectivity index (χ1n) is 8.22. The van der Waals surface area contributed by atoms with Crippen LogP contribution in [0.1, 0.15) is 69.4 Å². The minimum Gasteiger partial charge on any atom is -0.299 e. The maximum Gasteiger partial charge on any atom is 0.139 e. The zero-order chi connectivity index (χ0) is 14.2. The molecule has 108 valence electrons. The summed E-state index contributed by atoms with van der Waals surface area (Å²) < 4.78 is 0. The van der Waals surface area contributed by atoms with Crippen LogP contribution < -0.4 is 0 Å². The molecule has 1 aromatic rings. The van der Waals surface area contributed by atoms with E-state index in [1.54, 1.807) is 0 Å². The van der Waals surface area contributed by atoms with Crippen molar-refractivity contribution in [2.24, 2.45) is 11.3 Å². The van der Waals surface area contributed by atoms with Crippen LogP contribution in [0.2, 0.25) is 0 Å². The van der Waals surface area contributed by atoms with Crippen LogP contribution >= 0.6 is 0 Å². The average Bonchev–Trinajstić information content (AvgIpc) is 2.84. The molecule has 0 bridgehead atoms. The molecule has 3 rings (SSSR count). The summed E-state index contributed by atoms with van der Waals surface area (Å²) in [4.78, 5) is 12.9. The third kappa shape index (κ3) is 2.43. The van der Waals surface area contributed by atoms with E-state index in [4.69, 9.17) is 0 Å². The van der Waals surface area contributed by atoms with Gasteiger partial charge in [0.25, 0.3) is 0 Å². The second-order valence-electron chi connectivity index (χ2n) is 7.31. The third-order valence-electron chi connectivity index (χ3n) is 5.34. The molecule has 1 unspecified atom stereocenters. The highest BCUT2D eigenvalue weighted by Gasteiger charge is 2.42. The maximum atomic E-state index is 12.9. The molecule has 0 saturated heterocycles. The number of ketones is 1. The Hall–Kier alpha value is -1.11. The van der Waals surface area contributed by atoms with Crippen LogP contribution in [0.3, 0.4) is 0 Å². The number of rotatable bonds is 5. The Morgan fingerprint density at radius 2 is 1.95 bits per heavy atom. The molecule has 1 fully saturated rings. The molecule has 0 heterocycles. The van der Waals surface area contributed by atoms with E-state index in [-0.39, 0.29) is 5.41 Å². The smallest absolute Gasteiger partial charge is 0.139 e. The van der Waals surface area contributed by atoms with Crippen LogP contribution in [0.25, 0.3) is 0 Å². The molecule has 1 saturated carbocycles. The second-order valence-corrected chi connectivity index (χ2v) is 7.31. The molecule has 0 aliphatic heterocycles. The van der Waals surface area contributed by atoms with Gasteiger partial charge in [0.15, 0.2) is 0 Å². The maximum absolute atomic E-state index is 12.9. The van der Waals surface area contributed by atoms with Crippen molar-refractivity contribution in [3.8, 4) is 0 Å². The highest BCUT2D eigenvalue weighted by Crippen LogP contribution is 2.47. The third-order valence-corrected chi connectivity index (χ3v) is 5.34. The monoisotopic (exact) mass is 270 g/mol. The molecular weight excluding hydrogens is 244 g/mol. The van der Waals surface area contributed by atoms with Crippen molar-refractivity contribution < 1.29 is 4.79 Å². The predicted molar refractivity (Wildman–Crippen MR) is 82.9 cm³/mol. The topological polar surface area (TPSA) is 17.1 Å². The van der Waals surface area contributed by atoms with E-state index in [0.717, 1.165) is 32.1 Å². The van der Waals surface area contributed by atoms with Crippen LogP contribution in [0, 0.1) is 11.3 Å². The zero-order valence-corrected chi connectivity index (χ0v) is 12.8. The van der Waals surface area contributed by atoms with Crippen molar-refractivity contribution in [3.63, 3.8) is 0 Å². The van der Waals surface area contributed by atoms with Crippen LogP contribution in [0.5, 0.6) is 0 Å². The zero-order valence-electron chi connectivity index (χ0n) is 12.8. The van der Waals surface area contributed by atoms with E-state index in [1.807, 2.05) is 0 Å². The van der Waals surface area contributed by atoms with Crippen LogP contribution in [-0.2, 0) is 11.2 Å². The van der Waals surface area contributed by atoms with E-state index < -0.39 is 0 Å². The van der Waals surface area contributed by atoms with Gasteiger partial charge in [-0.15, -0.1) is 0 Å². The van der Waals surface area contributed by atoms with Gasteiger partial charge in [-0.25, -0.2) is 0 Å². The number of carbonyl (C=O) groups is 1. The number of fused-ring (bicyclic) bond motifs is 1. The normalized spacial score (nSPS) is 23.4. The van der Waals surface area contributed by atoms with Gasteiger partial charge in [-0.05, 0) is 48.6 Å². The fraction of sp³-hybridized carbons (Fsp3) is 0.632. The quantitative estimate of drug-likeness (QED) is 0.744. The number of hydrogen-bond acceptors (Lipinski definition) is 1. The second kappa shape index (κ2) is 5.35. The molecule has 2 aliphatic carbocycles. The summed E-state index contributed by atoms with van der Waals surface area (Å²) >= 11 is 0. The Bertz CT molecular complexity index is 494. The van der Waals surface area contributed by atoms with E-state index in [9.17, 15) is 4.79 Å². The molecule has 0 aromatic heterocycles. The summed E-state index contributed by atoms with van der Waals surface area (Å²) in [5.74, 6) is 1.69.